The van der Waals surface area contributed by atoms with Crippen LogP contribution < -0.4 is 11.1 Å². The summed E-state index contributed by atoms with van der Waals surface area (Å²) in [5.41, 5.74) is 8.01. The van der Waals surface area contributed by atoms with Crippen molar-refractivity contribution in [1.82, 2.24) is 5.32 Å². The average molecular weight is 283 g/mol. The van der Waals surface area contributed by atoms with Crippen molar-refractivity contribution < 1.29 is 5.21 Å². The molecule has 2 rings (SSSR count). The Bertz CT molecular complexity index is 569. The number of nitrogens with zero attached hydrogens (tertiary/aromatic N) is 1. The summed E-state index contributed by atoms with van der Waals surface area (Å²) >= 11 is 0. The van der Waals surface area contributed by atoms with E-state index >= 15 is 0 Å². The summed E-state index contributed by atoms with van der Waals surface area (Å²) < 4.78 is 0. The third-order valence-electron chi connectivity index (χ3n) is 3.49. The van der Waals surface area contributed by atoms with Crippen LogP contribution in [0.15, 0.2) is 65.8 Å². The highest BCUT2D eigenvalue weighted by atomic mass is 16.4. The molecule has 0 fully saturated rings. The van der Waals surface area contributed by atoms with Crippen molar-refractivity contribution in [3.8, 4) is 0 Å². The van der Waals surface area contributed by atoms with E-state index in [-0.39, 0.29) is 17.9 Å². The van der Waals surface area contributed by atoms with E-state index in [1.54, 1.807) is 0 Å². The van der Waals surface area contributed by atoms with E-state index in [1.165, 1.54) is 5.56 Å². The van der Waals surface area contributed by atoms with Crippen LogP contribution >= 0.6 is 0 Å². The first-order valence-electron chi connectivity index (χ1n) is 7.03. The molecule has 2 aromatic rings. The van der Waals surface area contributed by atoms with E-state index in [9.17, 15) is 0 Å². The van der Waals surface area contributed by atoms with Crippen LogP contribution in [-0.2, 0) is 0 Å². The van der Waals surface area contributed by atoms with Gasteiger partial charge in [-0.3, -0.25) is 0 Å². The number of benzene rings is 2. The largest absolute Gasteiger partial charge is 0.409 e. The fraction of sp³-hybridized carbons (Fsp3) is 0.235. The third kappa shape index (κ3) is 4.33. The van der Waals surface area contributed by atoms with E-state index in [0.29, 0.717) is 6.42 Å². The normalized spacial score (nSPS) is 14.6. The molecule has 0 aliphatic carbocycles. The van der Waals surface area contributed by atoms with Gasteiger partial charge in [0.2, 0.25) is 0 Å². The van der Waals surface area contributed by atoms with Gasteiger partial charge in [0.25, 0.3) is 0 Å². The molecule has 21 heavy (non-hydrogen) atoms. The second-order valence-corrected chi connectivity index (χ2v) is 5.06. The molecule has 4 heteroatoms. The topological polar surface area (TPSA) is 70.6 Å². The minimum atomic E-state index is -0.00249. The molecule has 0 spiro atoms. The van der Waals surface area contributed by atoms with Gasteiger partial charge in [0, 0.05) is 18.5 Å². The Kier molecular flexibility index (Phi) is 5.35. The predicted octanol–water partition coefficient (Wildman–Crippen LogP) is 3.22. The summed E-state index contributed by atoms with van der Waals surface area (Å²) in [5.74, 6) is 0.219. The lowest BCUT2D eigenvalue weighted by molar-refractivity contribution is 0.315. The standard InChI is InChI=1S/C17H21N3O/c1-13(14-8-4-2-5-9-14)19-16(12-17(18)20-21)15-10-6-3-7-11-15/h2-11,13,16,19,21H,12H2,1H3,(H2,18,20). The quantitative estimate of drug-likeness (QED) is 0.330. The fourth-order valence-corrected chi connectivity index (χ4v) is 2.35. The number of hydrogen-bond donors (Lipinski definition) is 3. The highest BCUT2D eigenvalue weighted by Crippen LogP contribution is 2.22. The molecule has 0 bridgehead atoms. The minimum Gasteiger partial charge on any atom is -0.409 e. The highest BCUT2D eigenvalue weighted by molar-refractivity contribution is 5.80. The summed E-state index contributed by atoms with van der Waals surface area (Å²) in [5, 5.41) is 15.4. The number of nitrogens with two attached hydrogens (primary N) is 1. The molecule has 0 aromatic heterocycles. The van der Waals surface area contributed by atoms with Crippen LogP contribution in [0.5, 0.6) is 0 Å². The number of hydrogen-bond acceptors (Lipinski definition) is 3. The minimum absolute atomic E-state index is 0.00249. The second kappa shape index (κ2) is 7.45. The third-order valence-corrected chi connectivity index (χ3v) is 3.49. The zero-order valence-corrected chi connectivity index (χ0v) is 12.1. The smallest absolute Gasteiger partial charge is 0.141 e. The van der Waals surface area contributed by atoms with Gasteiger partial charge in [-0.2, -0.15) is 0 Å². The Labute approximate surface area is 125 Å². The Balaban J connectivity index is 2.16. The van der Waals surface area contributed by atoms with E-state index < -0.39 is 0 Å². The van der Waals surface area contributed by atoms with Gasteiger partial charge < -0.3 is 16.3 Å². The van der Waals surface area contributed by atoms with E-state index in [2.05, 4.69) is 29.5 Å². The summed E-state index contributed by atoms with van der Waals surface area (Å²) in [4.78, 5) is 0. The lowest BCUT2D eigenvalue weighted by Gasteiger charge is -2.24. The number of oxime groups is 1. The van der Waals surface area contributed by atoms with Crippen LogP contribution in [0.25, 0.3) is 0 Å². The number of amidine groups is 1. The zero-order valence-electron chi connectivity index (χ0n) is 12.1. The van der Waals surface area contributed by atoms with Crippen LogP contribution in [0.4, 0.5) is 0 Å². The van der Waals surface area contributed by atoms with Gasteiger partial charge in [0.05, 0.1) is 0 Å². The number of rotatable bonds is 6. The molecule has 4 nitrogen and oxygen atoms in total. The molecular weight excluding hydrogens is 262 g/mol. The Morgan fingerprint density at radius 2 is 1.57 bits per heavy atom. The Hall–Kier alpha value is -2.33. The molecule has 2 aromatic carbocycles. The molecule has 0 aliphatic heterocycles. The molecule has 0 saturated carbocycles. The van der Waals surface area contributed by atoms with Crippen molar-refractivity contribution in [3.05, 3.63) is 71.8 Å². The summed E-state index contributed by atoms with van der Waals surface area (Å²) in [6.07, 6.45) is 0.456. The molecule has 0 aliphatic rings. The maximum absolute atomic E-state index is 8.82. The van der Waals surface area contributed by atoms with Gasteiger partial charge in [-0.15, -0.1) is 0 Å². The maximum Gasteiger partial charge on any atom is 0.141 e. The first kappa shape index (κ1) is 15.1. The lowest BCUT2D eigenvalue weighted by atomic mass is 10.0. The Morgan fingerprint density at radius 3 is 2.10 bits per heavy atom. The zero-order chi connectivity index (χ0) is 15.1. The molecule has 0 amide bonds. The van der Waals surface area contributed by atoms with Crippen molar-refractivity contribution in [3.63, 3.8) is 0 Å². The molecule has 0 radical (unpaired) electrons. The molecule has 110 valence electrons. The van der Waals surface area contributed by atoms with Crippen LogP contribution in [0.1, 0.15) is 36.6 Å². The van der Waals surface area contributed by atoms with Crippen LogP contribution in [0.2, 0.25) is 0 Å². The lowest BCUT2D eigenvalue weighted by Crippen LogP contribution is -2.29. The van der Waals surface area contributed by atoms with Gasteiger partial charge in [-0.25, -0.2) is 0 Å². The van der Waals surface area contributed by atoms with Gasteiger partial charge >= 0.3 is 0 Å². The van der Waals surface area contributed by atoms with Gasteiger partial charge in [-0.05, 0) is 18.1 Å². The molecule has 2 unspecified atom stereocenters. The monoisotopic (exact) mass is 283 g/mol. The predicted molar refractivity (Wildman–Crippen MR) is 85.2 cm³/mol. The van der Waals surface area contributed by atoms with Gasteiger partial charge in [0.15, 0.2) is 0 Å². The maximum atomic E-state index is 8.82. The van der Waals surface area contributed by atoms with Crippen LogP contribution in [0, 0.1) is 0 Å². The molecule has 0 heterocycles. The summed E-state index contributed by atoms with van der Waals surface area (Å²) in [6.45, 7) is 2.11. The van der Waals surface area contributed by atoms with Crippen molar-refractivity contribution in [2.45, 2.75) is 25.4 Å². The van der Waals surface area contributed by atoms with Crippen molar-refractivity contribution in [1.29, 1.82) is 0 Å². The van der Waals surface area contributed by atoms with Crippen molar-refractivity contribution in [2.75, 3.05) is 0 Å². The molecular formula is C17H21N3O. The van der Waals surface area contributed by atoms with E-state index in [0.717, 1.165) is 5.56 Å². The highest BCUT2D eigenvalue weighted by Gasteiger charge is 2.16. The van der Waals surface area contributed by atoms with Crippen LogP contribution in [0.3, 0.4) is 0 Å². The molecule has 4 N–H and O–H groups in total. The molecule has 2 atom stereocenters. The molecule has 0 saturated heterocycles. The summed E-state index contributed by atoms with van der Waals surface area (Å²) in [7, 11) is 0. The van der Waals surface area contributed by atoms with E-state index in [1.807, 2.05) is 48.5 Å². The fourth-order valence-electron chi connectivity index (χ4n) is 2.35. The average Bonchev–Trinajstić information content (AvgIpc) is 2.55. The van der Waals surface area contributed by atoms with Gasteiger partial charge in [-0.1, -0.05) is 65.8 Å². The SMILES string of the molecule is CC(NC(CC(N)=NO)c1ccccc1)c1ccccc1. The first-order valence-corrected chi connectivity index (χ1v) is 7.03. The van der Waals surface area contributed by atoms with E-state index in [4.69, 9.17) is 10.9 Å². The number of nitrogens with one attached hydrogen (secondary N) is 1. The second-order valence-electron chi connectivity index (χ2n) is 5.06. The van der Waals surface area contributed by atoms with Crippen molar-refractivity contribution >= 4 is 5.84 Å². The van der Waals surface area contributed by atoms with Crippen molar-refractivity contribution in [2.24, 2.45) is 10.9 Å². The first-order chi connectivity index (χ1) is 10.2. The summed E-state index contributed by atoms with van der Waals surface area (Å²) in [6, 6.07) is 20.4. The van der Waals surface area contributed by atoms with Gasteiger partial charge in [0.1, 0.15) is 5.84 Å². The van der Waals surface area contributed by atoms with Crippen LogP contribution in [-0.4, -0.2) is 11.0 Å². The Morgan fingerprint density at radius 1 is 1.05 bits per heavy atom.